The number of pyridine rings is 1. The molecule has 0 bridgehead atoms. The smallest absolute Gasteiger partial charge is 0.252 e. The number of amides is 1. The van der Waals surface area contributed by atoms with Crippen molar-refractivity contribution >= 4 is 51.9 Å². The van der Waals surface area contributed by atoms with Gasteiger partial charge in [0.1, 0.15) is 5.15 Å². The van der Waals surface area contributed by atoms with E-state index < -0.39 is 0 Å². The molecule has 1 amide bonds. The number of rotatable bonds is 3. The Morgan fingerprint density at radius 1 is 1.38 bits per heavy atom. The lowest BCUT2D eigenvalue weighted by atomic mass is 10.1. The minimum Gasteiger partial charge on any atom is -0.351 e. The highest BCUT2D eigenvalue weighted by molar-refractivity contribution is 8.06. The summed E-state index contributed by atoms with van der Waals surface area (Å²) in [6, 6.07) is 9.21. The Kier molecular flexibility index (Phi) is 4.93. The molecule has 1 aliphatic rings. The zero-order chi connectivity index (χ0) is 14.7. The maximum absolute atomic E-state index is 12.4. The number of para-hydroxylation sites is 1. The maximum atomic E-state index is 12.4. The van der Waals surface area contributed by atoms with Gasteiger partial charge in [0.15, 0.2) is 0 Å². The summed E-state index contributed by atoms with van der Waals surface area (Å²) < 4.78 is 0. The predicted molar refractivity (Wildman–Crippen MR) is 92.7 cm³/mol. The van der Waals surface area contributed by atoms with Gasteiger partial charge in [-0.15, -0.1) is 0 Å². The number of carbonyl (C=O) groups excluding carboxylic acids is 1. The monoisotopic (exact) mass is 338 g/mol. The molecule has 0 saturated carbocycles. The number of thioether (sulfide) groups is 2. The Labute approximate surface area is 137 Å². The molecular weight excluding hydrogens is 324 g/mol. The molecule has 3 rings (SSSR count). The molecule has 2 heterocycles. The molecule has 3 nitrogen and oxygen atoms in total. The van der Waals surface area contributed by atoms with Gasteiger partial charge in [-0.3, -0.25) is 4.79 Å². The molecule has 1 unspecified atom stereocenters. The molecule has 1 aliphatic heterocycles. The first-order valence-electron chi connectivity index (χ1n) is 6.77. The summed E-state index contributed by atoms with van der Waals surface area (Å²) in [4.78, 5) is 16.7. The fourth-order valence-corrected chi connectivity index (χ4v) is 5.10. The molecule has 21 heavy (non-hydrogen) atoms. The van der Waals surface area contributed by atoms with E-state index in [1.54, 1.807) is 6.07 Å². The highest BCUT2D eigenvalue weighted by atomic mass is 35.5. The van der Waals surface area contributed by atoms with Crippen LogP contribution in [0.1, 0.15) is 10.4 Å². The number of halogens is 1. The summed E-state index contributed by atoms with van der Waals surface area (Å²) in [5.74, 6) is 3.39. The second kappa shape index (κ2) is 6.90. The number of carbonyl (C=O) groups is 1. The molecule has 1 atom stereocenters. The van der Waals surface area contributed by atoms with Gasteiger partial charge in [0.05, 0.1) is 11.1 Å². The summed E-state index contributed by atoms with van der Waals surface area (Å²) in [5, 5.41) is 4.71. The van der Waals surface area contributed by atoms with Crippen molar-refractivity contribution < 1.29 is 4.79 Å². The first-order valence-corrected chi connectivity index (χ1v) is 9.35. The predicted octanol–water partition coefficient (Wildman–Crippen LogP) is 3.47. The molecular formula is C15H15ClN2OS2. The lowest BCUT2D eigenvalue weighted by Gasteiger charge is -2.21. The summed E-state index contributed by atoms with van der Waals surface area (Å²) in [5.41, 5.74) is 1.34. The van der Waals surface area contributed by atoms with Crippen molar-refractivity contribution in [2.75, 3.05) is 23.8 Å². The van der Waals surface area contributed by atoms with E-state index in [2.05, 4.69) is 10.3 Å². The van der Waals surface area contributed by atoms with E-state index in [0.29, 0.717) is 22.5 Å². The van der Waals surface area contributed by atoms with E-state index in [-0.39, 0.29) is 5.91 Å². The Morgan fingerprint density at radius 2 is 2.24 bits per heavy atom. The van der Waals surface area contributed by atoms with Crippen LogP contribution in [0, 0.1) is 0 Å². The lowest BCUT2D eigenvalue weighted by Crippen LogP contribution is -2.33. The van der Waals surface area contributed by atoms with Crippen LogP contribution in [0.3, 0.4) is 0 Å². The molecule has 1 aromatic heterocycles. The third-order valence-electron chi connectivity index (χ3n) is 3.30. The molecule has 0 aliphatic carbocycles. The van der Waals surface area contributed by atoms with Gasteiger partial charge >= 0.3 is 0 Å². The second-order valence-electron chi connectivity index (χ2n) is 4.79. The minimum atomic E-state index is -0.0772. The van der Waals surface area contributed by atoms with Gasteiger partial charge in [0.25, 0.3) is 5.91 Å². The van der Waals surface area contributed by atoms with Crippen LogP contribution >= 0.6 is 35.1 Å². The number of fused-ring (bicyclic) bond motifs is 1. The van der Waals surface area contributed by atoms with Crippen molar-refractivity contribution in [1.82, 2.24) is 10.3 Å². The highest BCUT2D eigenvalue weighted by Gasteiger charge is 2.17. The van der Waals surface area contributed by atoms with E-state index in [1.807, 2.05) is 47.8 Å². The highest BCUT2D eigenvalue weighted by Crippen LogP contribution is 2.24. The average Bonchev–Trinajstić information content (AvgIpc) is 2.52. The Hall–Kier alpha value is -0.910. The molecule has 110 valence electrons. The first-order chi connectivity index (χ1) is 10.2. The fourth-order valence-electron chi connectivity index (χ4n) is 2.29. The van der Waals surface area contributed by atoms with Crippen molar-refractivity contribution in [1.29, 1.82) is 0 Å². The molecule has 6 heteroatoms. The molecule has 0 spiro atoms. The van der Waals surface area contributed by atoms with Crippen LogP contribution in [0.4, 0.5) is 0 Å². The van der Waals surface area contributed by atoms with Crippen molar-refractivity contribution in [2.45, 2.75) is 5.25 Å². The average molecular weight is 339 g/mol. The first kappa shape index (κ1) is 15.0. The standard InChI is InChI=1S/C15H15ClN2OS2/c16-14-7-12(11-3-1-2-4-13(11)18-14)15(19)17-8-10-9-20-5-6-21-10/h1-4,7,10H,5-6,8-9H2,(H,17,19). The van der Waals surface area contributed by atoms with Gasteiger partial charge in [0, 0.05) is 34.4 Å². The van der Waals surface area contributed by atoms with E-state index in [9.17, 15) is 4.79 Å². The van der Waals surface area contributed by atoms with Crippen LogP contribution in [0.2, 0.25) is 5.15 Å². The van der Waals surface area contributed by atoms with Gasteiger partial charge in [-0.25, -0.2) is 4.98 Å². The second-order valence-corrected chi connectivity index (χ2v) is 7.73. The fraction of sp³-hybridized carbons (Fsp3) is 0.333. The van der Waals surface area contributed by atoms with Crippen LogP contribution in [0.25, 0.3) is 10.9 Å². The van der Waals surface area contributed by atoms with Crippen molar-refractivity contribution in [2.24, 2.45) is 0 Å². The third-order valence-corrected chi connectivity index (χ3v) is 6.34. The Balaban J connectivity index is 1.77. The van der Waals surface area contributed by atoms with Gasteiger partial charge < -0.3 is 5.32 Å². The van der Waals surface area contributed by atoms with Crippen LogP contribution in [0.5, 0.6) is 0 Å². The van der Waals surface area contributed by atoms with Crippen molar-refractivity contribution in [3.8, 4) is 0 Å². The van der Waals surface area contributed by atoms with Gasteiger partial charge in [-0.1, -0.05) is 29.8 Å². The van der Waals surface area contributed by atoms with Gasteiger partial charge in [0.2, 0.25) is 0 Å². The zero-order valence-electron chi connectivity index (χ0n) is 11.3. The van der Waals surface area contributed by atoms with Crippen LogP contribution in [-0.4, -0.2) is 39.9 Å². The van der Waals surface area contributed by atoms with E-state index in [4.69, 9.17) is 11.6 Å². The minimum absolute atomic E-state index is 0.0772. The SMILES string of the molecule is O=C(NCC1CSCCS1)c1cc(Cl)nc2ccccc12. The molecule has 1 N–H and O–H groups in total. The number of hydrogen-bond acceptors (Lipinski definition) is 4. The van der Waals surface area contributed by atoms with Crippen molar-refractivity contribution in [3.63, 3.8) is 0 Å². The molecule has 1 saturated heterocycles. The summed E-state index contributed by atoms with van der Waals surface area (Å²) in [6.45, 7) is 0.699. The molecule has 1 aromatic carbocycles. The van der Waals surface area contributed by atoms with Gasteiger partial charge in [-0.05, 0) is 12.1 Å². The number of hydrogen-bond donors (Lipinski definition) is 1. The summed E-state index contributed by atoms with van der Waals surface area (Å²) in [6.07, 6.45) is 0. The van der Waals surface area contributed by atoms with Crippen molar-refractivity contribution in [3.05, 3.63) is 41.0 Å². The number of benzene rings is 1. The quantitative estimate of drug-likeness (QED) is 0.870. The number of aromatic nitrogens is 1. The molecule has 2 aromatic rings. The Morgan fingerprint density at radius 3 is 3.05 bits per heavy atom. The van der Waals surface area contributed by atoms with E-state index in [0.717, 1.165) is 22.4 Å². The van der Waals surface area contributed by atoms with Crippen LogP contribution in [-0.2, 0) is 0 Å². The summed E-state index contributed by atoms with van der Waals surface area (Å²) in [7, 11) is 0. The largest absolute Gasteiger partial charge is 0.351 e. The number of nitrogens with one attached hydrogen (secondary N) is 1. The summed E-state index contributed by atoms with van der Waals surface area (Å²) >= 11 is 9.90. The third kappa shape index (κ3) is 3.65. The van der Waals surface area contributed by atoms with Crippen LogP contribution < -0.4 is 5.32 Å². The molecule has 1 fully saturated rings. The Bertz CT molecular complexity index is 659. The van der Waals surface area contributed by atoms with Gasteiger partial charge in [-0.2, -0.15) is 23.5 Å². The number of nitrogens with zero attached hydrogens (tertiary/aromatic N) is 1. The van der Waals surface area contributed by atoms with E-state index in [1.165, 1.54) is 5.75 Å². The molecule has 0 radical (unpaired) electrons. The zero-order valence-corrected chi connectivity index (χ0v) is 13.7. The lowest BCUT2D eigenvalue weighted by molar-refractivity contribution is 0.0956. The normalized spacial score (nSPS) is 18.6. The van der Waals surface area contributed by atoms with Crippen LogP contribution in [0.15, 0.2) is 30.3 Å². The maximum Gasteiger partial charge on any atom is 0.252 e. The topological polar surface area (TPSA) is 42.0 Å². The van der Waals surface area contributed by atoms with E-state index >= 15 is 0 Å².